The van der Waals surface area contributed by atoms with Gasteiger partial charge in [-0.2, -0.15) is 0 Å². The lowest BCUT2D eigenvalue weighted by molar-refractivity contribution is 0.0691. The first-order valence-corrected chi connectivity index (χ1v) is 6.78. The van der Waals surface area contributed by atoms with Crippen LogP contribution in [0.2, 0.25) is 0 Å². The Kier molecular flexibility index (Phi) is 3.64. The van der Waals surface area contributed by atoms with E-state index in [1.807, 2.05) is 0 Å². The second-order valence-corrected chi connectivity index (χ2v) is 5.59. The molecule has 0 amide bonds. The average Bonchev–Trinajstić information content (AvgIpc) is 2.85. The van der Waals surface area contributed by atoms with Gasteiger partial charge in [0.15, 0.2) is 11.6 Å². The van der Waals surface area contributed by atoms with E-state index in [9.17, 15) is 26.4 Å². The van der Waals surface area contributed by atoms with Crippen LogP contribution in [0.4, 0.5) is 18.9 Å². The Morgan fingerprint density at radius 3 is 2.43 bits per heavy atom. The fourth-order valence-electron chi connectivity index (χ4n) is 1.49. The van der Waals surface area contributed by atoms with Crippen LogP contribution in [-0.4, -0.2) is 24.5 Å². The largest absolute Gasteiger partial charge is 0.477 e. The number of benzene rings is 1. The number of carboxylic acid groups (broad SMARTS) is 1. The minimum absolute atomic E-state index is 0.256. The fraction of sp³-hybridized carbons (Fsp3) is 0. The van der Waals surface area contributed by atoms with E-state index < -0.39 is 49.7 Å². The summed E-state index contributed by atoms with van der Waals surface area (Å²) in [4.78, 5) is 12.3. The van der Waals surface area contributed by atoms with Crippen molar-refractivity contribution in [3.63, 3.8) is 0 Å². The van der Waals surface area contributed by atoms with Gasteiger partial charge in [0.05, 0.1) is 5.69 Å². The maximum atomic E-state index is 13.4. The molecule has 0 aliphatic carbocycles. The molecule has 0 fully saturated rings. The van der Waals surface area contributed by atoms with Crippen LogP contribution in [-0.2, 0) is 10.0 Å². The predicted molar refractivity (Wildman–Crippen MR) is 64.9 cm³/mol. The number of rotatable bonds is 4. The molecule has 0 bridgehead atoms. The minimum atomic E-state index is -4.40. The van der Waals surface area contributed by atoms with Crippen molar-refractivity contribution in [1.82, 2.24) is 4.98 Å². The number of H-pyrrole nitrogens is 1. The van der Waals surface area contributed by atoms with Gasteiger partial charge >= 0.3 is 5.97 Å². The van der Waals surface area contributed by atoms with Crippen LogP contribution in [0, 0.1) is 17.5 Å². The fourth-order valence-corrected chi connectivity index (χ4v) is 2.53. The molecule has 2 rings (SSSR count). The summed E-state index contributed by atoms with van der Waals surface area (Å²) in [6, 6.07) is 1.49. The molecule has 10 heteroatoms. The van der Waals surface area contributed by atoms with Crippen molar-refractivity contribution >= 4 is 21.7 Å². The molecule has 1 aromatic heterocycles. The van der Waals surface area contributed by atoms with E-state index in [-0.39, 0.29) is 6.07 Å². The van der Waals surface area contributed by atoms with Gasteiger partial charge in [-0.3, -0.25) is 4.72 Å². The number of hydrogen-bond donors (Lipinski definition) is 3. The van der Waals surface area contributed by atoms with Crippen molar-refractivity contribution in [2.24, 2.45) is 0 Å². The first kappa shape index (κ1) is 14.9. The highest BCUT2D eigenvalue weighted by Gasteiger charge is 2.21. The molecule has 0 radical (unpaired) electrons. The summed E-state index contributed by atoms with van der Waals surface area (Å²) in [5.74, 6) is -5.71. The highest BCUT2D eigenvalue weighted by molar-refractivity contribution is 7.92. The lowest BCUT2D eigenvalue weighted by atomic mass is 10.3. The Labute approximate surface area is 116 Å². The number of anilines is 1. The van der Waals surface area contributed by atoms with E-state index in [1.54, 1.807) is 4.72 Å². The van der Waals surface area contributed by atoms with Gasteiger partial charge < -0.3 is 10.1 Å². The second kappa shape index (κ2) is 5.13. The number of aromatic nitrogens is 1. The number of hydrogen-bond acceptors (Lipinski definition) is 3. The zero-order valence-electron chi connectivity index (χ0n) is 10.0. The van der Waals surface area contributed by atoms with Gasteiger partial charge in [-0.05, 0) is 6.07 Å². The highest BCUT2D eigenvalue weighted by Crippen LogP contribution is 2.23. The normalized spacial score (nSPS) is 11.4. The van der Waals surface area contributed by atoms with Gasteiger partial charge in [0, 0.05) is 18.3 Å². The zero-order valence-corrected chi connectivity index (χ0v) is 10.8. The number of carboxylic acids is 1. The van der Waals surface area contributed by atoms with Crippen LogP contribution in [0.25, 0.3) is 0 Å². The molecule has 0 spiro atoms. The lowest BCUT2D eigenvalue weighted by Crippen LogP contribution is -2.14. The Morgan fingerprint density at radius 2 is 1.86 bits per heavy atom. The van der Waals surface area contributed by atoms with E-state index in [4.69, 9.17) is 5.11 Å². The summed E-state index contributed by atoms with van der Waals surface area (Å²) in [5.41, 5.74) is -1.34. The van der Waals surface area contributed by atoms with Crippen molar-refractivity contribution in [1.29, 1.82) is 0 Å². The predicted octanol–water partition coefficient (Wildman–Crippen LogP) is 1.93. The van der Waals surface area contributed by atoms with Crippen molar-refractivity contribution < 1.29 is 31.5 Å². The second-order valence-electron chi connectivity index (χ2n) is 3.91. The smallest absolute Gasteiger partial charge is 0.352 e. The average molecular weight is 320 g/mol. The topological polar surface area (TPSA) is 99.3 Å². The zero-order chi connectivity index (χ0) is 15.8. The van der Waals surface area contributed by atoms with Crippen molar-refractivity contribution in [3.8, 4) is 0 Å². The van der Waals surface area contributed by atoms with Crippen LogP contribution in [0.1, 0.15) is 10.5 Å². The Morgan fingerprint density at radius 1 is 1.19 bits per heavy atom. The number of nitrogens with one attached hydrogen (secondary N) is 2. The third-order valence-corrected chi connectivity index (χ3v) is 3.78. The molecule has 6 nitrogen and oxygen atoms in total. The molecule has 112 valence electrons. The van der Waals surface area contributed by atoms with E-state index >= 15 is 0 Å². The van der Waals surface area contributed by atoms with Crippen molar-refractivity contribution in [2.45, 2.75) is 4.90 Å². The number of aromatic carboxylic acids is 1. The van der Waals surface area contributed by atoms with Crippen LogP contribution in [0.15, 0.2) is 29.3 Å². The summed E-state index contributed by atoms with van der Waals surface area (Å²) in [6.45, 7) is 0. The van der Waals surface area contributed by atoms with Gasteiger partial charge in [-0.25, -0.2) is 26.4 Å². The summed E-state index contributed by atoms with van der Waals surface area (Å²) in [6.07, 6.45) is 0.847. The molecule has 0 aliphatic rings. The first-order valence-electron chi connectivity index (χ1n) is 5.30. The molecule has 3 N–H and O–H groups in total. The summed E-state index contributed by atoms with van der Waals surface area (Å²) in [5, 5.41) is 8.66. The lowest BCUT2D eigenvalue weighted by Gasteiger charge is -2.08. The third kappa shape index (κ3) is 2.99. The Bertz CT molecular complexity index is 817. The maximum Gasteiger partial charge on any atom is 0.352 e. The molecule has 0 saturated heterocycles. The molecule has 1 aromatic carbocycles. The van der Waals surface area contributed by atoms with Gasteiger partial charge in [0.2, 0.25) is 0 Å². The molecule has 21 heavy (non-hydrogen) atoms. The third-order valence-electron chi connectivity index (χ3n) is 2.43. The number of sulfonamides is 1. The molecule has 0 unspecified atom stereocenters. The number of carbonyl (C=O) groups is 1. The number of aromatic amines is 1. The Balaban J connectivity index is 2.39. The van der Waals surface area contributed by atoms with Crippen LogP contribution in [0.3, 0.4) is 0 Å². The quantitative estimate of drug-likeness (QED) is 0.750. The van der Waals surface area contributed by atoms with Crippen molar-refractivity contribution in [3.05, 3.63) is 47.5 Å². The molecular formula is C11H7F3N2O4S. The monoisotopic (exact) mass is 320 g/mol. The molecule has 0 atom stereocenters. The molecule has 0 saturated carbocycles. The summed E-state index contributed by atoms with van der Waals surface area (Å²) < 4.78 is 64.7. The highest BCUT2D eigenvalue weighted by atomic mass is 32.2. The first-order chi connectivity index (χ1) is 9.70. The molecular weight excluding hydrogens is 313 g/mol. The number of halogens is 3. The maximum absolute atomic E-state index is 13.4. The minimum Gasteiger partial charge on any atom is -0.477 e. The van der Waals surface area contributed by atoms with E-state index in [0.717, 1.165) is 12.3 Å². The van der Waals surface area contributed by atoms with E-state index in [2.05, 4.69) is 4.98 Å². The summed E-state index contributed by atoms with van der Waals surface area (Å²) in [7, 11) is -4.40. The van der Waals surface area contributed by atoms with Gasteiger partial charge in [0.1, 0.15) is 16.4 Å². The molecule has 2 aromatic rings. The van der Waals surface area contributed by atoms with Gasteiger partial charge in [-0.15, -0.1) is 0 Å². The SMILES string of the molecule is O=C(O)c1cc(S(=O)(=O)Nc2cc(F)cc(F)c2F)c[nH]1. The summed E-state index contributed by atoms with van der Waals surface area (Å²) >= 11 is 0. The molecule has 0 aliphatic heterocycles. The van der Waals surface area contributed by atoms with Crippen molar-refractivity contribution in [2.75, 3.05) is 4.72 Å². The van der Waals surface area contributed by atoms with Crippen LogP contribution < -0.4 is 4.72 Å². The van der Waals surface area contributed by atoms with E-state index in [1.165, 1.54) is 0 Å². The molecule has 1 heterocycles. The van der Waals surface area contributed by atoms with Crippen LogP contribution in [0.5, 0.6) is 0 Å². The standard InChI is InChI=1S/C11H7F3N2O4S/c12-5-1-7(13)10(14)8(2-5)16-21(19,20)6-3-9(11(17)18)15-4-6/h1-4,15-16H,(H,17,18). The van der Waals surface area contributed by atoms with Crippen LogP contribution >= 0.6 is 0 Å². The van der Waals surface area contributed by atoms with Gasteiger partial charge in [-0.1, -0.05) is 0 Å². The van der Waals surface area contributed by atoms with E-state index in [0.29, 0.717) is 6.07 Å². The van der Waals surface area contributed by atoms with Gasteiger partial charge in [0.25, 0.3) is 10.0 Å². The Hall–Kier alpha value is -2.49.